The molecule has 0 radical (unpaired) electrons. The first-order chi connectivity index (χ1) is 8.24. The molecule has 1 atom stereocenters. The van der Waals surface area contributed by atoms with Gasteiger partial charge in [-0.3, -0.25) is 0 Å². The van der Waals surface area contributed by atoms with Crippen molar-refractivity contribution in [3.8, 4) is 5.75 Å². The lowest BCUT2D eigenvalue weighted by Crippen LogP contribution is -2.26. The van der Waals surface area contributed by atoms with Crippen LogP contribution < -0.4 is 10.5 Å². The van der Waals surface area contributed by atoms with E-state index < -0.39 is 0 Å². The van der Waals surface area contributed by atoms with Crippen LogP contribution in [0.2, 0.25) is 0 Å². The predicted molar refractivity (Wildman–Crippen MR) is 65.3 cm³/mol. The molecule has 5 heteroatoms. The zero-order valence-electron chi connectivity index (χ0n) is 9.87. The van der Waals surface area contributed by atoms with Gasteiger partial charge in [-0.15, -0.1) is 0 Å². The number of nitrogens with zero attached hydrogens (tertiary/aromatic N) is 1. The number of oxime groups is 1. The first kappa shape index (κ1) is 13.3. The van der Waals surface area contributed by atoms with Crippen molar-refractivity contribution >= 4 is 5.84 Å². The standard InChI is InChI=1S/C12H18N2O3/c1-10(12(13)14-15)9-16-7-8-17-11-5-3-2-4-6-11/h2-6,10,15H,7-9H2,1H3,(H2,13,14). The first-order valence-corrected chi connectivity index (χ1v) is 5.47. The van der Waals surface area contributed by atoms with Gasteiger partial charge >= 0.3 is 0 Å². The highest BCUT2D eigenvalue weighted by atomic mass is 16.5. The molecule has 0 heterocycles. The van der Waals surface area contributed by atoms with Gasteiger partial charge in [0, 0.05) is 5.92 Å². The predicted octanol–water partition coefficient (Wildman–Crippen LogP) is 1.46. The van der Waals surface area contributed by atoms with E-state index in [1.807, 2.05) is 37.3 Å². The van der Waals surface area contributed by atoms with E-state index in [0.717, 1.165) is 5.75 Å². The molecule has 0 spiro atoms. The molecule has 0 aromatic heterocycles. The zero-order valence-corrected chi connectivity index (χ0v) is 9.87. The summed E-state index contributed by atoms with van der Waals surface area (Å²) in [6.45, 7) is 3.19. The van der Waals surface area contributed by atoms with Gasteiger partial charge in [0.05, 0.1) is 13.2 Å². The Morgan fingerprint density at radius 3 is 2.71 bits per heavy atom. The lowest BCUT2D eigenvalue weighted by atomic mass is 10.2. The molecule has 94 valence electrons. The number of amidine groups is 1. The summed E-state index contributed by atoms with van der Waals surface area (Å²) >= 11 is 0. The normalized spacial score (nSPS) is 13.4. The molecular weight excluding hydrogens is 220 g/mol. The minimum atomic E-state index is -0.100. The molecule has 0 saturated carbocycles. The van der Waals surface area contributed by atoms with Gasteiger partial charge in [-0.1, -0.05) is 30.3 Å². The SMILES string of the molecule is CC(COCCOc1ccccc1)/C(N)=N/O. The minimum absolute atomic E-state index is 0.100. The maximum atomic E-state index is 8.44. The number of para-hydroxylation sites is 1. The number of nitrogens with two attached hydrogens (primary N) is 1. The molecule has 0 saturated heterocycles. The Morgan fingerprint density at radius 1 is 1.35 bits per heavy atom. The van der Waals surface area contributed by atoms with E-state index in [-0.39, 0.29) is 11.8 Å². The smallest absolute Gasteiger partial charge is 0.144 e. The van der Waals surface area contributed by atoms with Gasteiger partial charge in [0.2, 0.25) is 0 Å². The highest BCUT2D eigenvalue weighted by Gasteiger charge is 2.06. The van der Waals surface area contributed by atoms with E-state index in [1.165, 1.54) is 0 Å². The van der Waals surface area contributed by atoms with Crippen LogP contribution in [-0.2, 0) is 4.74 Å². The van der Waals surface area contributed by atoms with Crippen LogP contribution in [0.5, 0.6) is 5.75 Å². The van der Waals surface area contributed by atoms with Crippen LogP contribution in [0.15, 0.2) is 35.5 Å². The molecular formula is C12H18N2O3. The fourth-order valence-corrected chi connectivity index (χ4v) is 1.18. The van der Waals surface area contributed by atoms with Gasteiger partial charge in [-0.25, -0.2) is 0 Å². The fourth-order valence-electron chi connectivity index (χ4n) is 1.18. The number of rotatable bonds is 7. The second-order valence-electron chi connectivity index (χ2n) is 3.66. The van der Waals surface area contributed by atoms with Gasteiger partial charge in [-0.05, 0) is 12.1 Å². The van der Waals surface area contributed by atoms with Gasteiger partial charge < -0.3 is 20.4 Å². The van der Waals surface area contributed by atoms with Crippen molar-refractivity contribution < 1.29 is 14.7 Å². The van der Waals surface area contributed by atoms with E-state index in [4.69, 9.17) is 20.4 Å². The summed E-state index contributed by atoms with van der Waals surface area (Å²) < 4.78 is 10.8. The van der Waals surface area contributed by atoms with E-state index in [0.29, 0.717) is 19.8 Å². The molecule has 17 heavy (non-hydrogen) atoms. The van der Waals surface area contributed by atoms with Crippen molar-refractivity contribution in [1.29, 1.82) is 0 Å². The Balaban J connectivity index is 2.09. The molecule has 0 amide bonds. The largest absolute Gasteiger partial charge is 0.491 e. The van der Waals surface area contributed by atoms with Gasteiger partial charge in [0.1, 0.15) is 18.2 Å². The molecule has 1 aromatic carbocycles. The summed E-state index contributed by atoms with van der Waals surface area (Å²) in [4.78, 5) is 0. The third-order valence-corrected chi connectivity index (χ3v) is 2.23. The van der Waals surface area contributed by atoms with Crippen molar-refractivity contribution in [3.05, 3.63) is 30.3 Å². The van der Waals surface area contributed by atoms with Crippen LogP contribution in [0, 0.1) is 5.92 Å². The minimum Gasteiger partial charge on any atom is -0.491 e. The van der Waals surface area contributed by atoms with Crippen LogP contribution in [-0.4, -0.2) is 30.9 Å². The molecule has 1 rings (SSSR count). The van der Waals surface area contributed by atoms with E-state index >= 15 is 0 Å². The molecule has 1 aromatic rings. The van der Waals surface area contributed by atoms with Crippen LogP contribution in [0.4, 0.5) is 0 Å². The summed E-state index contributed by atoms with van der Waals surface area (Å²) in [5, 5.41) is 11.4. The summed E-state index contributed by atoms with van der Waals surface area (Å²) in [5.74, 6) is 0.895. The third kappa shape index (κ3) is 5.21. The lowest BCUT2D eigenvalue weighted by Gasteiger charge is -2.10. The topological polar surface area (TPSA) is 77.1 Å². The lowest BCUT2D eigenvalue weighted by molar-refractivity contribution is 0.0895. The Bertz CT molecular complexity index is 341. The molecule has 0 aliphatic rings. The second kappa shape index (κ2) is 7.51. The Hall–Kier alpha value is -1.75. The average Bonchev–Trinajstić information content (AvgIpc) is 2.38. The highest BCUT2D eigenvalue weighted by Crippen LogP contribution is 2.07. The first-order valence-electron chi connectivity index (χ1n) is 5.47. The quantitative estimate of drug-likeness (QED) is 0.248. The van der Waals surface area contributed by atoms with E-state index in [2.05, 4.69) is 5.16 Å². The monoisotopic (exact) mass is 238 g/mol. The maximum absolute atomic E-state index is 8.44. The van der Waals surface area contributed by atoms with Crippen molar-refractivity contribution in [2.75, 3.05) is 19.8 Å². The van der Waals surface area contributed by atoms with E-state index in [1.54, 1.807) is 0 Å². The molecule has 5 nitrogen and oxygen atoms in total. The van der Waals surface area contributed by atoms with Crippen LogP contribution >= 0.6 is 0 Å². The van der Waals surface area contributed by atoms with Crippen molar-refractivity contribution in [2.45, 2.75) is 6.92 Å². The number of benzene rings is 1. The molecule has 1 unspecified atom stereocenters. The summed E-state index contributed by atoms with van der Waals surface area (Å²) in [7, 11) is 0. The molecule has 0 aliphatic heterocycles. The molecule has 0 aliphatic carbocycles. The van der Waals surface area contributed by atoms with Crippen LogP contribution in [0.1, 0.15) is 6.92 Å². The van der Waals surface area contributed by atoms with Crippen molar-refractivity contribution in [2.24, 2.45) is 16.8 Å². The van der Waals surface area contributed by atoms with Gasteiger partial charge in [0.15, 0.2) is 0 Å². The maximum Gasteiger partial charge on any atom is 0.144 e. The van der Waals surface area contributed by atoms with Crippen molar-refractivity contribution in [3.63, 3.8) is 0 Å². The van der Waals surface area contributed by atoms with E-state index in [9.17, 15) is 0 Å². The Labute approximate surface area is 101 Å². The highest BCUT2D eigenvalue weighted by molar-refractivity contribution is 5.81. The van der Waals surface area contributed by atoms with Crippen molar-refractivity contribution in [1.82, 2.24) is 0 Å². The third-order valence-electron chi connectivity index (χ3n) is 2.23. The molecule has 3 N–H and O–H groups in total. The zero-order chi connectivity index (χ0) is 12.5. The summed E-state index contributed by atoms with van der Waals surface area (Å²) in [6.07, 6.45) is 0. The number of hydrogen-bond donors (Lipinski definition) is 2. The summed E-state index contributed by atoms with van der Waals surface area (Å²) in [5.41, 5.74) is 5.41. The fraction of sp³-hybridized carbons (Fsp3) is 0.417. The Morgan fingerprint density at radius 2 is 2.06 bits per heavy atom. The summed E-state index contributed by atoms with van der Waals surface area (Å²) in [6, 6.07) is 9.54. The second-order valence-corrected chi connectivity index (χ2v) is 3.66. The number of ether oxygens (including phenoxy) is 2. The van der Waals surface area contributed by atoms with Crippen LogP contribution in [0.3, 0.4) is 0 Å². The van der Waals surface area contributed by atoms with Crippen LogP contribution in [0.25, 0.3) is 0 Å². The number of hydrogen-bond acceptors (Lipinski definition) is 4. The Kier molecular flexibility index (Phi) is 5.88. The average molecular weight is 238 g/mol. The van der Waals surface area contributed by atoms with Gasteiger partial charge in [-0.2, -0.15) is 0 Å². The molecule has 0 bridgehead atoms. The van der Waals surface area contributed by atoms with Gasteiger partial charge in [0.25, 0.3) is 0 Å². The molecule has 0 fully saturated rings.